The normalized spacial score (nSPS) is 14.1. The molecule has 1 heterocycles. The summed E-state index contributed by atoms with van der Waals surface area (Å²) in [7, 11) is 0. The van der Waals surface area contributed by atoms with E-state index >= 15 is 0 Å². The van der Waals surface area contributed by atoms with Gasteiger partial charge in [-0.25, -0.2) is 5.01 Å². The first-order valence-electron chi connectivity index (χ1n) is 10.5. The molecule has 0 bridgehead atoms. The summed E-state index contributed by atoms with van der Waals surface area (Å²) < 4.78 is 5.37. The number of carbonyl (C=O) groups excluding carboxylic acids is 3. The number of hydrogen-bond donors (Lipinski definition) is 2. The van der Waals surface area contributed by atoms with Crippen molar-refractivity contribution in [3.63, 3.8) is 0 Å². The number of nitrogens with zero attached hydrogens (tertiary/aromatic N) is 2. The van der Waals surface area contributed by atoms with E-state index in [0.29, 0.717) is 11.4 Å². The van der Waals surface area contributed by atoms with Crippen LogP contribution in [0, 0.1) is 17.0 Å². The lowest BCUT2D eigenvalue weighted by Gasteiger charge is -2.13. The van der Waals surface area contributed by atoms with Crippen LogP contribution in [0.4, 0.5) is 17.1 Å². The van der Waals surface area contributed by atoms with Crippen LogP contribution in [-0.2, 0) is 14.4 Å². The lowest BCUT2D eigenvalue weighted by atomic mass is 10.1. The number of hydrazine groups is 1. The smallest absolute Gasteiger partial charge is 0.311 e. The Hall–Kier alpha value is -4.99. The largest absolute Gasteiger partial charge is 0.477 e. The third kappa shape index (κ3) is 5.33. The van der Waals surface area contributed by atoms with E-state index in [-0.39, 0.29) is 16.9 Å². The molecular weight excluding hydrogens is 452 g/mol. The molecule has 35 heavy (non-hydrogen) atoms. The Bertz CT molecular complexity index is 1340. The second-order valence-electron chi connectivity index (χ2n) is 7.66. The second-order valence-corrected chi connectivity index (χ2v) is 7.66. The van der Waals surface area contributed by atoms with Gasteiger partial charge in [0, 0.05) is 11.8 Å². The molecule has 1 aliphatic heterocycles. The number of benzene rings is 3. The van der Waals surface area contributed by atoms with Gasteiger partial charge in [0.2, 0.25) is 0 Å². The molecule has 1 aliphatic rings. The summed E-state index contributed by atoms with van der Waals surface area (Å²) in [6.45, 7) is 1.48. The molecule has 0 aromatic heterocycles. The molecule has 4 rings (SSSR count). The number of aryl methyl sites for hydroxylation is 1. The standard InChI is InChI=1S/C25H20N4O6/c1-16-7-10-18(11-8-16)26-23(30)15-35-22-12-9-17(14-21(22)29(33)34)13-20-24(31)27-28(25(20)32)19-5-3-2-4-6-19/h2-14H,15H2,1H3,(H,26,30)(H,27,31). The summed E-state index contributed by atoms with van der Waals surface area (Å²) in [5, 5.41) is 15.3. The van der Waals surface area contributed by atoms with Crippen molar-refractivity contribution in [1.29, 1.82) is 0 Å². The number of rotatable bonds is 7. The van der Waals surface area contributed by atoms with E-state index in [2.05, 4.69) is 10.7 Å². The molecule has 1 fully saturated rings. The maximum atomic E-state index is 12.7. The zero-order valence-corrected chi connectivity index (χ0v) is 18.6. The van der Waals surface area contributed by atoms with Gasteiger partial charge in [-0.05, 0) is 48.9 Å². The zero-order valence-electron chi connectivity index (χ0n) is 18.6. The summed E-state index contributed by atoms with van der Waals surface area (Å²) in [6.07, 6.45) is 1.27. The van der Waals surface area contributed by atoms with E-state index in [1.807, 2.05) is 19.1 Å². The number of ether oxygens (including phenoxy) is 1. The van der Waals surface area contributed by atoms with E-state index in [4.69, 9.17) is 4.74 Å². The highest BCUT2D eigenvalue weighted by Gasteiger charge is 2.34. The Labute approximate surface area is 199 Å². The number of carbonyl (C=O) groups is 3. The molecule has 3 amide bonds. The van der Waals surface area contributed by atoms with Crippen LogP contribution in [0.25, 0.3) is 6.08 Å². The van der Waals surface area contributed by atoms with Gasteiger partial charge in [0.15, 0.2) is 12.4 Å². The number of hydrogen-bond acceptors (Lipinski definition) is 6. The molecule has 0 spiro atoms. The Morgan fingerprint density at radius 2 is 1.80 bits per heavy atom. The fraction of sp³-hybridized carbons (Fsp3) is 0.0800. The SMILES string of the molecule is Cc1ccc(NC(=O)COc2ccc(C=C3C(=O)NN(c4ccccc4)C3=O)cc2[N+](=O)[O-])cc1. The summed E-state index contributed by atoms with van der Waals surface area (Å²) in [5.74, 6) is -1.82. The molecule has 3 aromatic carbocycles. The molecule has 0 aliphatic carbocycles. The molecule has 1 saturated heterocycles. The van der Waals surface area contributed by atoms with Gasteiger partial charge in [-0.3, -0.25) is 29.9 Å². The van der Waals surface area contributed by atoms with Gasteiger partial charge in [0.25, 0.3) is 17.7 Å². The minimum atomic E-state index is -0.665. The molecule has 176 valence electrons. The Morgan fingerprint density at radius 3 is 2.49 bits per heavy atom. The number of nitro groups is 1. The topological polar surface area (TPSA) is 131 Å². The molecule has 10 nitrogen and oxygen atoms in total. The molecular formula is C25H20N4O6. The van der Waals surface area contributed by atoms with Gasteiger partial charge >= 0.3 is 5.69 Å². The van der Waals surface area contributed by atoms with Crippen molar-refractivity contribution in [2.24, 2.45) is 0 Å². The first kappa shape index (κ1) is 23.2. The lowest BCUT2D eigenvalue weighted by molar-refractivity contribution is -0.385. The Balaban J connectivity index is 1.49. The fourth-order valence-electron chi connectivity index (χ4n) is 3.35. The van der Waals surface area contributed by atoms with Crippen LogP contribution < -0.4 is 20.5 Å². The summed E-state index contributed by atoms with van der Waals surface area (Å²) in [5.41, 5.74) is 4.23. The predicted octanol–water partition coefficient (Wildman–Crippen LogP) is 3.38. The third-order valence-corrected chi connectivity index (χ3v) is 5.09. The van der Waals surface area contributed by atoms with Gasteiger partial charge in [-0.2, -0.15) is 0 Å². The van der Waals surface area contributed by atoms with Crippen LogP contribution in [0.1, 0.15) is 11.1 Å². The van der Waals surface area contributed by atoms with Gasteiger partial charge in [-0.1, -0.05) is 42.0 Å². The van der Waals surface area contributed by atoms with Gasteiger partial charge in [0.1, 0.15) is 5.57 Å². The van der Waals surface area contributed by atoms with Crippen LogP contribution in [-0.4, -0.2) is 29.3 Å². The van der Waals surface area contributed by atoms with Crippen molar-refractivity contribution in [1.82, 2.24) is 5.43 Å². The highest BCUT2D eigenvalue weighted by Crippen LogP contribution is 2.30. The number of anilines is 2. The van der Waals surface area contributed by atoms with Gasteiger partial charge in [0.05, 0.1) is 10.6 Å². The van der Waals surface area contributed by atoms with Crippen LogP contribution in [0.3, 0.4) is 0 Å². The first-order chi connectivity index (χ1) is 16.8. The highest BCUT2D eigenvalue weighted by molar-refractivity contribution is 6.31. The van der Waals surface area contributed by atoms with Crippen molar-refractivity contribution >= 4 is 40.9 Å². The van der Waals surface area contributed by atoms with E-state index in [9.17, 15) is 24.5 Å². The van der Waals surface area contributed by atoms with Gasteiger partial charge in [-0.15, -0.1) is 0 Å². The minimum absolute atomic E-state index is 0.121. The number of nitro benzene ring substituents is 1. The van der Waals surface area contributed by atoms with Crippen LogP contribution in [0.2, 0.25) is 0 Å². The molecule has 0 radical (unpaired) electrons. The molecule has 0 saturated carbocycles. The predicted molar refractivity (Wildman–Crippen MR) is 128 cm³/mol. The third-order valence-electron chi connectivity index (χ3n) is 5.09. The first-order valence-corrected chi connectivity index (χ1v) is 10.5. The second kappa shape index (κ2) is 9.87. The monoisotopic (exact) mass is 472 g/mol. The van der Waals surface area contributed by atoms with Crippen molar-refractivity contribution < 1.29 is 24.0 Å². The Kier molecular flexibility index (Phi) is 6.54. The maximum Gasteiger partial charge on any atom is 0.311 e. The number of amides is 3. The van der Waals surface area contributed by atoms with Crippen molar-refractivity contribution in [3.8, 4) is 5.75 Å². The number of nitrogens with one attached hydrogen (secondary N) is 2. The summed E-state index contributed by atoms with van der Waals surface area (Å²) in [6, 6.07) is 19.6. The minimum Gasteiger partial charge on any atom is -0.477 e. The molecule has 2 N–H and O–H groups in total. The number of para-hydroxylation sites is 1. The maximum absolute atomic E-state index is 12.7. The molecule has 3 aromatic rings. The average Bonchev–Trinajstić information content (AvgIpc) is 3.13. The lowest BCUT2D eigenvalue weighted by Crippen LogP contribution is -2.35. The highest BCUT2D eigenvalue weighted by atomic mass is 16.6. The van der Waals surface area contributed by atoms with Crippen LogP contribution in [0.5, 0.6) is 5.75 Å². The van der Waals surface area contributed by atoms with Crippen molar-refractivity contribution in [2.45, 2.75) is 6.92 Å². The molecule has 10 heteroatoms. The van der Waals surface area contributed by atoms with Crippen LogP contribution in [0.15, 0.2) is 78.4 Å². The Morgan fingerprint density at radius 1 is 1.09 bits per heavy atom. The van der Waals surface area contributed by atoms with Gasteiger partial charge < -0.3 is 10.1 Å². The van der Waals surface area contributed by atoms with E-state index < -0.39 is 34.9 Å². The van der Waals surface area contributed by atoms with Crippen LogP contribution >= 0.6 is 0 Å². The van der Waals surface area contributed by atoms with E-state index in [1.165, 1.54) is 24.3 Å². The summed E-state index contributed by atoms with van der Waals surface area (Å²) >= 11 is 0. The van der Waals surface area contributed by atoms with Crippen molar-refractivity contribution in [3.05, 3.63) is 99.6 Å². The van der Waals surface area contributed by atoms with Crippen molar-refractivity contribution in [2.75, 3.05) is 16.9 Å². The average molecular weight is 472 g/mol. The molecule has 0 atom stereocenters. The van der Waals surface area contributed by atoms with E-state index in [0.717, 1.165) is 10.6 Å². The zero-order chi connectivity index (χ0) is 24.9. The fourth-order valence-corrected chi connectivity index (χ4v) is 3.35. The van der Waals surface area contributed by atoms with E-state index in [1.54, 1.807) is 42.5 Å². The molecule has 0 unspecified atom stereocenters. The quantitative estimate of drug-likeness (QED) is 0.235. The summed E-state index contributed by atoms with van der Waals surface area (Å²) in [4.78, 5) is 48.2.